The Labute approximate surface area is 160 Å². The highest BCUT2D eigenvalue weighted by Gasteiger charge is 2.10. The zero-order valence-electron chi connectivity index (χ0n) is 14.4. The normalized spacial score (nSPS) is 13.1. The summed E-state index contributed by atoms with van der Waals surface area (Å²) in [5.41, 5.74) is 6.30. The fourth-order valence-electron chi connectivity index (χ4n) is 2.60. The van der Waals surface area contributed by atoms with Crippen LogP contribution in [0, 0.1) is 11.3 Å². The minimum absolute atomic E-state index is 0.632. The zero-order valence-corrected chi connectivity index (χ0v) is 15.2. The van der Waals surface area contributed by atoms with E-state index in [4.69, 9.17) is 14.7 Å². The van der Waals surface area contributed by atoms with Gasteiger partial charge in [0.15, 0.2) is 11.5 Å². The fraction of sp³-hybridized carbons (Fsp3) is 0.150. The number of hydrogen-bond donors (Lipinski definition) is 1. The first-order valence-corrected chi connectivity index (χ1v) is 9.34. The third-order valence-corrected chi connectivity index (χ3v) is 4.71. The summed E-state index contributed by atoms with van der Waals surface area (Å²) in [7, 11) is 0. The standard InChI is InChI=1S/C20H16N4O2S/c21-11-14-2-5-16(6-3-14)17-13-27-20(23-17)24-22-12-15-4-7-18-19(10-15)26-9-1-8-25-18/h2-7,10,12-13H,1,8-9H2,(H,23,24). The Morgan fingerprint density at radius 3 is 2.74 bits per heavy atom. The van der Waals surface area contributed by atoms with Gasteiger partial charge in [0.25, 0.3) is 0 Å². The third-order valence-electron chi connectivity index (χ3n) is 3.96. The van der Waals surface area contributed by atoms with E-state index < -0.39 is 0 Å². The minimum Gasteiger partial charge on any atom is -0.490 e. The number of hydrazone groups is 1. The van der Waals surface area contributed by atoms with Crippen molar-refractivity contribution in [2.24, 2.45) is 5.10 Å². The maximum atomic E-state index is 8.87. The molecule has 0 aliphatic carbocycles. The number of aromatic nitrogens is 1. The van der Waals surface area contributed by atoms with Crippen molar-refractivity contribution in [3.63, 3.8) is 0 Å². The van der Waals surface area contributed by atoms with Crippen LogP contribution in [0.2, 0.25) is 0 Å². The van der Waals surface area contributed by atoms with Gasteiger partial charge in [-0.3, -0.25) is 5.43 Å². The van der Waals surface area contributed by atoms with E-state index in [0.717, 1.165) is 34.7 Å². The Morgan fingerprint density at radius 1 is 1.11 bits per heavy atom. The molecule has 4 rings (SSSR count). The van der Waals surface area contributed by atoms with Crippen LogP contribution < -0.4 is 14.9 Å². The molecule has 7 heteroatoms. The fourth-order valence-corrected chi connectivity index (χ4v) is 3.26. The van der Waals surface area contributed by atoms with Gasteiger partial charge in [0.2, 0.25) is 5.13 Å². The van der Waals surface area contributed by atoms with Gasteiger partial charge in [-0.05, 0) is 35.9 Å². The van der Waals surface area contributed by atoms with Gasteiger partial charge in [0, 0.05) is 17.4 Å². The molecular weight excluding hydrogens is 360 g/mol. The first kappa shape index (κ1) is 17.1. The monoisotopic (exact) mass is 376 g/mol. The Balaban J connectivity index is 1.42. The molecular formula is C20H16N4O2S. The molecule has 1 aliphatic rings. The molecule has 0 fully saturated rings. The first-order valence-electron chi connectivity index (χ1n) is 8.46. The molecule has 0 saturated heterocycles. The van der Waals surface area contributed by atoms with E-state index in [0.29, 0.717) is 23.9 Å². The summed E-state index contributed by atoms with van der Waals surface area (Å²) in [5, 5.41) is 15.8. The number of nitrogens with one attached hydrogen (secondary N) is 1. The maximum Gasteiger partial charge on any atom is 0.203 e. The molecule has 27 heavy (non-hydrogen) atoms. The summed E-state index contributed by atoms with van der Waals surface area (Å²) >= 11 is 1.47. The number of rotatable bonds is 4. The van der Waals surface area contributed by atoms with Crippen molar-refractivity contribution in [2.75, 3.05) is 18.6 Å². The van der Waals surface area contributed by atoms with Crippen LogP contribution in [0.3, 0.4) is 0 Å². The van der Waals surface area contributed by atoms with Crippen LogP contribution in [0.25, 0.3) is 11.3 Å². The number of anilines is 1. The van der Waals surface area contributed by atoms with Crippen molar-refractivity contribution in [3.05, 3.63) is 59.0 Å². The molecule has 134 valence electrons. The number of thiazole rings is 1. The lowest BCUT2D eigenvalue weighted by Crippen LogP contribution is -1.97. The molecule has 1 aromatic heterocycles. The lowest BCUT2D eigenvalue weighted by molar-refractivity contribution is 0.297. The topological polar surface area (TPSA) is 79.5 Å². The molecule has 3 aromatic rings. The van der Waals surface area contributed by atoms with Gasteiger partial charge in [-0.15, -0.1) is 11.3 Å². The summed E-state index contributed by atoms with van der Waals surface area (Å²) in [6.45, 7) is 1.33. The van der Waals surface area contributed by atoms with Gasteiger partial charge in [-0.1, -0.05) is 12.1 Å². The van der Waals surface area contributed by atoms with E-state index in [1.807, 2.05) is 35.7 Å². The van der Waals surface area contributed by atoms with E-state index in [1.54, 1.807) is 18.3 Å². The molecule has 0 atom stereocenters. The van der Waals surface area contributed by atoms with E-state index in [1.165, 1.54) is 11.3 Å². The van der Waals surface area contributed by atoms with Crippen LogP contribution in [0.5, 0.6) is 11.5 Å². The maximum absolute atomic E-state index is 8.87. The predicted octanol–water partition coefficient (Wildman–Crippen LogP) is 4.29. The van der Waals surface area contributed by atoms with Crippen LogP contribution in [-0.2, 0) is 0 Å². The summed E-state index contributed by atoms with van der Waals surface area (Å²) in [6.07, 6.45) is 2.60. The highest BCUT2D eigenvalue weighted by molar-refractivity contribution is 7.14. The van der Waals surface area contributed by atoms with Crippen LogP contribution >= 0.6 is 11.3 Å². The van der Waals surface area contributed by atoms with Crippen molar-refractivity contribution in [2.45, 2.75) is 6.42 Å². The predicted molar refractivity (Wildman–Crippen MR) is 106 cm³/mol. The molecule has 2 heterocycles. The number of nitriles is 1. The van der Waals surface area contributed by atoms with Gasteiger partial charge < -0.3 is 9.47 Å². The molecule has 0 bridgehead atoms. The van der Waals surface area contributed by atoms with Crippen molar-refractivity contribution in [1.82, 2.24) is 4.98 Å². The second kappa shape index (κ2) is 7.89. The molecule has 1 N–H and O–H groups in total. The average molecular weight is 376 g/mol. The van der Waals surface area contributed by atoms with E-state index in [9.17, 15) is 0 Å². The summed E-state index contributed by atoms with van der Waals surface area (Å²) in [6, 6.07) is 15.2. The quantitative estimate of drug-likeness (QED) is 0.543. The van der Waals surface area contributed by atoms with Crippen LogP contribution in [-0.4, -0.2) is 24.4 Å². The molecule has 6 nitrogen and oxygen atoms in total. The molecule has 0 spiro atoms. The Kier molecular flexibility index (Phi) is 4.99. The number of hydrogen-bond acceptors (Lipinski definition) is 7. The minimum atomic E-state index is 0.632. The van der Waals surface area contributed by atoms with Crippen molar-refractivity contribution >= 4 is 22.7 Å². The first-order chi connectivity index (χ1) is 13.3. The SMILES string of the molecule is N#Cc1ccc(-c2csc(NN=Cc3ccc4c(c3)OCCCO4)n2)cc1. The highest BCUT2D eigenvalue weighted by Crippen LogP contribution is 2.30. The van der Waals surface area contributed by atoms with Crippen molar-refractivity contribution in [3.8, 4) is 28.8 Å². The number of fused-ring (bicyclic) bond motifs is 1. The lowest BCUT2D eigenvalue weighted by Gasteiger charge is -2.07. The van der Waals surface area contributed by atoms with Crippen molar-refractivity contribution < 1.29 is 9.47 Å². The molecule has 0 saturated carbocycles. The summed E-state index contributed by atoms with van der Waals surface area (Å²) < 4.78 is 11.3. The molecule has 0 radical (unpaired) electrons. The van der Waals surface area contributed by atoms with Gasteiger partial charge >= 0.3 is 0 Å². The number of nitrogens with zero attached hydrogens (tertiary/aromatic N) is 3. The van der Waals surface area contributed by atoms with Gasteiger partial charge in [-0.2, -0.15) is 10.4 Å². The second-order valence-electron chi connectivity index (χ2n) is 5.85. The van der Waals surface area contributed by atoms with E-state index in [-0.39, 0.29) is 0 Å². The molecule has 1 aliphatic heterocycles. The average Bonchev–Trinajstić information content (AvgIpc) is 3.05. The van der Waals surface area contributed by atoms with Gasteiger partial charge in [0.05, 0.1) is 36.8 Å². The Morgan fingerprint density at radius 2 is 1.93 bits per heavy atom. The van der Waals surface area contributed by atoms with Crippen molar-refractivity contribution in [1.29, 1.82) is 5.26 Å². The molecule has 0 amide bonds. The van der Waals surface area contributed by atoms with Crippen LogP contribution in [0.15, 0.2) is 52.9 Å². The van der Waals surface area contributed by atoms with E-state index >= 15 is 0 Å². The highest BCUT2D eigenvalue weighted by atomic mass is 32.1. The Bertz CT molecular complexity index is 1010. The van der Waals surface area contributed by atoms with Gasteiger partial charge in [-0.25, -0.2) is 4.98 Å². The zero-order chi connectivity index (χ0) is 18.5. The smallest absolute Gasteiger partial charge is 0.203 e. The number of benzene rings is 2. The second-order valence-corrected chi connectivity index (χ2v) is 6.71. The summed E-state index contributed by atoms with van der Waals surface area (Å²) in [4.78, 5) is 4.52. The van der Waals surface area contributed by atoms with Crippen LogP contribution in [0.1, 0.15) is 17.5 Å². The lowest BCUT2D eigenvalue weighted by atomic mass is 10.1. The number of ether oxygens (including phenoxy) is 2. The molecule has 0 unspecified atom stereocenters. The molecule has 2 aromatic carbocycles. The summed E-state index contributed by atoms with van der Waals surface area (Å²) in [5.74, 6) is 1.51. The largest absolute Gasteiger partial charge is 0.490 e. The third kappa shape index (κ3) is 4.07. The Hall–Kier alpha value is -3.37. The van der Waals surface area contributed by atoms with Crippen LogP contribution in [0.4, 0.5) is 5.13 Å². The van der Waals surface area contributed by atoms with Gasteiger partial charge in [0.1, 0.15) is 0 Å². The van der Waals surface area contributed by atoms with E-state index in [2.05, 4.69) is 21.6 Å².